The lowest BCUT2D eigenvalue weighted by molar-refractivity contribution is 0.371. The quantitative estimate of drug-likeness (QED) is 0.673. The zero-order valence-corrected chi connectivity index (χ0v) is 11.6. The van der Waals surface area contributed by atoms with Gasteiger partial charge in [-0.1, -0.05) is 12.1 Å². The lowest BCUT2D eigenvalue weighted by atomic mass is 10.1. The highest BCUT2D eigenvalue weighted by Gasteiger charge is 2.48. The summed E-state index contributed by atoms with van der Waals surface area (Å²) in [5, 5.41) is 0. The van der Waals surface area contributed by atoms with E-state index in [-0.39, 0.29) is 4.90 Å². The number of hydrogen-bond acceptors (Lipinski definition) is 3. The van der Waals surface area contributed by atoms with Crippen molar-refractivity contribution in [2.45, 2.75) is 36.1 Å². The van der Waals surface area contributed by atoms with Crippen LogP contribution in [0.4, 0.5) is 0 Å². The Morgan fingerprint density at radius 2 is 1.53 bits per heavy atom. The number of nitrogens with zero attached hydrogens (tertiary/aromatic N) is 1. The molecule has 0 aromatic heterocycles. The molecule has 0 spiro atoms. The molecule has 0 N–H and O–H groups in total. The molecular weight excluding hydrogens is 258 g/mol. The van der Waals surface area contributed by atoms with E-state index in [0.717, 1.165) is 3.71 Å². The standard InChI is InChI=1S/C11H15NO3S2/c1-11(2,3)12-16(4,13)9-7-5-6-8-10(9)17(12,14)15/h5-8H,4H2,1-3H3. The first-order valence-corrected chi connectivity index (χ1v) is 8.24. The average molecular weight is 273 g/mol. The molecule has 1 unspecified atom stereocenters. The van der Waals surface area contributed by atoms with E-state index in [1.807, 2.05) is 0 Å². The molecule has 4 nitrogen and oxygen atoms in total. The second-order valence-electron chi connectivity index (χ2n) is 4.99. The van der Waals surface area contributed by atoms with Crippen LogP contribution in [-0.2, 0) is 19.7 Å². The fourth-order valence-corrected chi connectivity index (χ4v) is 7.73. The lowest BCUT2D eigenvalue weighted by Gasteiger charge is -2.30. The van der Waals surface area contributed by atoms with E-state index in [1.165, 1.54) is 6.07 Å². The third-order valence-corrected chi connectivity index (χ3v) is 7.97. The zero-order valence-electron chi connectivity index (χ0n) is 10.0. The molecule has 1 aromatic carbocycles. The monoisotopic (exact) mass is 273 g/mol. The third-order valence-electron chi connectivity index (χ3n) is 2.50. The molecule has 17 heavy (non-hydrogen) atoms. The van der Waals surface area contributed by atoms with Crippen LogP contribution in [0.15, 0.2) is 34.1 Å². The summed E-state index contributed by atoms with van der Waals surface area (Å²) in [6.07, 6.45) is 0. The van der Waals surface area contributed by atoms with E-state index in [9.17, 15) is 12.6 Å². The smallest absolute Gasteiger partial charge is 0.247 e. The van der Waals surface area contributed by atoms with Gasteiger partial charge in [-0.25, -0.2) is 12.6 Å². The largest absolute Gasteiger partial charge is 0.255 e. The van der Waals surface area contributed by atoms with Crippen LogP contribution in [0.25, 0.3) is 0 Å². The van der Waals surface area contributed by atoms with Gasteiger partial charge >= 0.3 is 0 Å². The highest BCUT2D eigenvalue weighted by Crippen LogP contribution is 2.40. The average Bonchev–Trinajstić information content (AvgIpc) is 2.30. The predicted octanol–water partition coefficient (Wildman–Crippen LogP) is 1.48. The van der Waals surface area contributed by atoms with E-state index in [0.29, 0.717) is 4.90 Å². The van der Waals surface area contributed by atoms with Gasteiger partial charge in [0.15, 0.2) is 0 Å². The van der Waals surface area contributed by atoms with Gasteiger partial charge in [-0.3, -0.25) is 0 Å². The highest BCUT2D eigenvalue weighted by atomic mass is 32.3. The molecule has 1 aliphatic heterocycles. The van der Waals surface area contributed by atoms with Crippen LogP contribution in [0.5, 0.6) is 0 Å². The molecule has 94 valence electrons. The minimum absolute atomic E-state index is 0.106. The molecule has 0 saturated heterocycles. The first-order valence-electron chi connectivity index (χ1n) is 5.11. The van der Waals surface area contributed by atoms with E-state index in [1.54, 1.807) is 39.0 Å². The molecule has 0 radical (unpaired) electrons. The molecule has 1 atom stereocenters. The highest BCUT2D eigenvalue weighted by molar-refractivity contribution is 8.11. The maximum Gasteiger partial charge on any atom is 0.255 e. The molecule has 1 heterocycles. The van der Waals surface area contributed by atoms with Gasteiger partial charge in [0.1, 0.15) is 0 Å². The van der Waals surface area contributed by atoms with Crippen LogP contribution in [0.1, 0.15) is 20.8 Å². The number of benzene rings is 1. The van der Waals surface area contributed by atoms with Crippen LogP contribution >= 0.6 is 0 Å². The Labute approximate surface area is 102 Å². The van der Waals surface area contributed by atoms with Crippen LogP contribution in [0.2, 0.25) is 0 Å². The third kappa shape index (κ3) is 1.63. The molecule has 2 rings (SSSR count). The van der Waals surface area contributed by atoms with Crippen LogP contribution < -0.4 is 0 Å². The first-order chi connectivity index (χ1) is 7.59. The second kappa shape index (κ2) is 3.34. The lowest BCUT2D eigenvalue weighted by Crippen LogP contribution is -2.45. The predicted molar refractivity (Wildman–Crippen MR) is 68.7 cm³/mol. The Morgan fingerprint density at radius 3 is 1.94 bits per heavy atom. The van der Waals surface area contributed by atoms with Gasteiger partial charge in [-0.15, -0.1) is 3.71 Å². The molecule has 0 fully saturated rings. The van der Waals surface area contributed by atoms with Crippen molar-refractivity contribution in [3.05, 3.63) is 24.3 Å². The maximum absolute atomic E-state index is 12.6. The molecule has 0 amide bonds. The van der Waals surface area contributed by atoms with E-state index in [2.05, 4.69) is 5.87 Å². The Hall–Kier alpha value is -0.850. The van der Waals surface area contributed by atoms with Crippen molar-refractivity contribution in [3.63, 3.8) is 0 Å². The van der Waals surface area contributed by atoms with Crippen LogP contribution in [0.3, 0.4) is 0 Å². The molecule has 1 aliphatic rings. The van der Waals surface area contributed by atoms with E-state index >= 15 is 0 Å². The topological polar surface area (TPSA) is 54.5 Å². The number of rotatable bonds is 0. The summed E-state index contributed by atoms with van der Waals surface area (Å²) in [5.41, 5.74) is -0.767. The Morgan fingerprint density at radius 1 is 1.06 bits per heavy atom. The molecule has 0 aliphatic carbocycles. The van der Waals surface area contributed by atoms with Crippen molar-refractivity contribution < 1.29 is 12.6 Å². The summed E-state index contributed by atoms with van der Waals surface area (Å²) < 4.78 is 38.4. The normalized spacial score (nSPS) is 27.9. The van der Waals surface area contributed by atoms with Crippen LogP contribution in [0, 0.1) is 0 Å². The SMILES string of the molecule is C=S1(=O)c2ccccc2S(=O)(=O)N1C(C)(C)C. The van der Waals surface area contributed by atoms with Crippen molar-refractivity contribution in [3.8, 4) is 0 Å². The van der Waals surface area contributed by atoms with Gasteiger partial charge in [0.25, 0.3) is 10.0 Å². The molecule has 1 aromatic rings. The Bertz CT molecular complexity index is 614. The summed E-state index contributed by atoms with van der Waals surface area (Å²) in [6, 6.07) is 6.33. The van der Waals surface area contributed by atoms with Gasteiger partial charge in [0.05, 0.1) is 19.5 Å². The molecule has 0 bridgehead atoms. The van der Waals surface area contributed by atoms with Crippen molar-refractivity contribution in [2.24, 2.45) is 0 Å². The summed E-state index contributed by atoms with van der Waals surface area (Å²) in [6.45, 7) is 5.13. The van der Waals surface area contributed by atoms with Gasteiger partial charge in [0.2, 0.25) is 0 Å². The maximum atomic E-state index is 12.6. The number of fused-ring (bicyclic) bond motifs is 1. The van der Waals surface area contributed by atoms with Crippen molar-refractivity contribution in [1.82, 2.24) is 3.71 Å². The Balaban J connectivity index is 2.89. The fourth-order valence-electron chi connectivity index (χ4n) is 2.07. The minimum atomic E-state index is -3.72. The minimum Gasteiger partial charge on any atom is -0.247 e. The van der Waals surface area contributed by atoms with E-state index < -0.39 is 25.3 Å². The van der Waals surface area contributed by atoms with Gasteiger partial charge in [-0.05, 0) is 38.8 Å². The summed E-state index contributed by atoms with van der Waals surface area (Å²) >= 11 is 0. The molecular formula is C11H15NO3S2. The summed E-state index contributed by atoms with van der Waals surface area (Å²) in [5.74, 6) is 3.63. The number of hydrogen-bond donors (Lipinski definition) is 0. The van der Waals surface area contributed by atoms with Crippen molar-refractivity contribution in [1.29, 1.82) is 0 Å². The van der Waals surface area contributed by atoms with Crippen LogP contribution in [-0.4, -0.2) is 27.7 Å². The molecule has 6 heteroatoms. The number of sulfonamides is 1. The van der Waals surface area contributed by atoms with Gasteiger partial charge in [0, 0.05) is 5.54 Å². The molecule has 0 saturated carbocycles. The Kier molecular flexibility index (Phi) is 2.47. The van der Waals surface area contributed by atoms with Crippen molar-refractivity contribution >= 4 is 25.6 Å². The summed E-state index contributed by atoms with van der Waals surface area (Å²) in [7, 11) is -6.68. The summed E-state index contributed by atoms with van der Waals surface area (Å²) in [4.78, 5) is 0.407. The zero-order chi connectivity index (χ0) is 13.1. The second-order valence-corrected chi connectivity index (χ2v) is 9.06. The van der Waals surface area contributed by atoms with E-state index in [4.69, 9.17) is 0 Å². The van der Waals surface area contributed by atoms with Gasteiger partial charge < -0.3 is 0 Å². The van der Waals surface area contributed by atoms with Gasteiger partial charge in [-0.2, -0.15) is 0 Å². The van der Waals surface area contributed by atoms with Crippen molar-refractivity contribution in [2.75, 3.05) is 0 Å². The first kappa shape index (κ1) is 12.6. The fraction of sp³-hybridized carbons (Fsp3) is 0.364.